The molecule has 28 heavy (non-hydrogen) atoms. The summed E-state index contributed by atoms with van der Waals surface area (Å²) in [7, 11) is -2.71. The van der Waals surface area contributed by atoms with Gasteiger partial charge in [0.1, 0.15) is 4.90 Å². The van der Waals surface area contributed by atoms with Gasteiger partial charge in [-0.1, -0.05) is 40.9 Å². The Hall–Kier alpha value is -2.06. The minimum atomic E-state index is -4.24. The molecule has 0 atom stereocenters. The molecule has 0 fully saturated rings. The van der Waals surface area contributed by atoms with Crippen molar-refractivity contribution in [3.63, 3.8) is 0 Å². The first-order valence-electron chi connectivity index (χ1n) is 8.26. The molecule has 1 heterocycles. The van der Waals surface area contributed by atoms with Crippen LogP contribution in [-0.2, 0) is 21.5 Å². The van der Waals surface area contributed by atoms with Crippen LogP contribution >= 0.6 is 23.2 Å². The zero-order valence-corrected chi connectivity index (χ0v) is 17.8. The zero-order chi connectivity index (χ0) is 20.5. The Morgan fingerprint density at radius 2 is 1.82 bits per heavy atom. The van der Waals surface area contributed by atoms with Gasteiger partial charge in [-0.2, -0.15) is 18.2 Å². The Labute approximate surface area is 173 Å². The summed E-state index contributed by atoms with van der Waals surface area (Å²) < 4.78 is 37.6. The first kappa shape index (κ1) is 20.7. The number of aromatic nitrogens is 2. The van der Waals surface area contributed by atoms with Crippen molar-refractivity contribution in [2.75, 3.05) is 7.11 Å². The minimum Gasteiger partial charge on any atom is -0.378 e. The first-order chi connectivity index (χ1) is 13.2. The lowest BCUT2D eigenvalue weighted by Crippen LogP contribution is -2.13. The smallest absolute Gasteiger partial charge is 0.342 e. The molecule has 0 saturated heterocycles. The van der Waals surface area contributed by atoms with E-state index in [9.17, 15) is 8.42 Å². The fraction of sp³-hybridized carbons (Fsp3) is 0.211. The molecule has 0 radical (unpaired) electrons. The van der Waals surface area contributed by atoms with Gasteiger partial charge < -0.3 is 8.92 Å². The lowest BCUT2D eigenvalue weighted by Gasteiger charge is -2.12. The van der Waals surface area contributed by atoms with Gasteiger partial charge in [-0.05, 0) is 43.7 Å². The van der Waals surface area contributed by atoms with Gasteiger partial charge in [-0.3, -0.25) is 0 Å². The number of hydrogen-bond acceptors (Lipinski definition) is 5. The topological polar surface area (TPSA) is 70.4 Å². The third-order valence-electron chi connectivity index (χ3n) is 3.96. The molecule has 6 nitrogen and oxygen atoms in total. The van der Waals surface area contributed by atoms with Crippen molar-refractivity contribution in [2.45, 2.75) is 25.3 Å². The van der Waals surface area contributed by atoms with Crippen molar-refractivity contribution in [2.24, 2.45) is 0 Å². The van der Waals surface area contributed by atoms with Crippen LogP contribution in [0.2, 0.25) is 10.0 Å². The van der Waals surface area contributed by atoms with Gasteiger partial charge in [-0.25, -0.2) is 0 Å². The zero-order valence-electron chi connectivity index (χ0n) is 15.4. The number of hydrogen-bond donors (Lipinski definition) is 0. The summed E-state index contributed by atoms with van der Waals surface area (Å²) in [5, 5.41) is 4.67. The van der Waals surface area contributed by atoms with E-state index in [4.69, 9.17) is 32.1 Å². The summed E-state index contributed by atoms with van der Waals surface area (Å²) >= 11 is 12.0. The van der Waals surface area contributed by atoms with Gasteiger partial charge in [0.15, 0.2) is 0 Å². The van der Waals surface area contributed by atoms with E-state index < -0.39 is 10.1 Å². The molecule has 0 aliphatic rings. The lowest BCUT2D eigenvalue weighted by molar-refractivity contribution is 0.181. The molecule has 2 aromatic carbocycles. The number of rotatable bonds is 6. The SMILES string of the molecule is COCc1cc(OS(=O)(=O)c2cc(Cl)ccc2Cl)n(-c2ccc(C)cc2C)n1. The quantitative estimate of drug-likeness (QED) is 0.519. The molecule has 1 aromatic heterocycles. The van der Waals surface area contributed by atoms with Crippen LogP contribution in [-0.4, -0.2) is 25.3 Å². The van der Waals surface area contributed by atoms with E-state index in [1.165, 1.54) is 36.1 Å². The lowest BCUT2D eigenvalue weighted by atomic mass is 10.1. The number of aryl methyl sites for hydroxylation is 2. The fourth-order valence-electron chi connectivity index (χ4n) is 2.73. The highest BCUT2D eigenvalue weighted by atomic mass is 35.5. The summed E-state index contributed by atoms with van der Waals surface area (Å²) in [6, 6.07) is 11.4. The van der Waals surface area contributed by atoms with Crippen LogP contribution in [0.25, 0.3) is 5.69 Å². The summed E-state index contributed by atoms with van der Waals surface area (Å²) in [6.45, 7) is 4.08. The fourth-order valence-corrected chi connectivity index (χ4v) is 4.38. The second-order valence-corrected chi connectivity index (χ2v) is 8.58. The molecule has 148 valence electrons. The summed E-state index contributed by atoms with van der Waals surface area (Å²) in [5.41, 5.74) is 3.20. The maximum Gasteiger partial charge on any atom is 0.342 e. The molecule has 0 saturated carbocycles. The number of nitrogens with zero attached hydrogens (tertiary/aromatic N) is 2. The van der Waals surface area contributed by atoms with Gasteiger partial charge in [0, 0.05) is 18.2 Å². The Morgan fingerprint density at radius 1 is 1.07 bits per heavy atom. The van der Waals surface area contributed by atoms with E-state index in [0.29, 0.717) is 11.4 Å². The van der Waals surface area contributed by atoms with Crippen LogP contribution in [0.15, 0.2) is 47.4 Å². The van der Waals surface area contributed by atoms with E-state index in [-0.39, 0.29) is 27.4 Å². The van der Waals surface area contributed by atoms with Gasteiger partial charge in [0.2, 0.25) is 5.88 Å². The predicted molar refractivity (Wildman–Crippen MR) is 108 cm³/mol. The third kappa shape index (κ3) is 4.33. The highest BCUT2D eigenvalue weighted by Crippen LogP contribution is 2.30. The largest absolute Gasteiger partial charge is 0.378 e. The maximum absolute atomic E-state index is 12.8. The summed E-state index contributed by atoms with van der Waals surface area (Å²) in [4.78, 5) is -0.219. The highest BCUT2D eigenvalue weighted by molar-refractivity contribution is 7.87. The average molecular weight is 441 g/mol. The Morgan fingerprint density at radius 3 is 2.50 bits per heavy atom. The monoisotopic (exact) mass is 440 g/mol. The molecule has 0 N–H and O–H groups in total. The number of methoxy groups -OCH3 is 1. The van der Waals surface area contributed by atoms with Crippen molar-refractivity contribution < 1.29 is 17.3 Å². The normalized spacial score (nSPS) is 11.6. The van der Waals surface area contributed by atoms with E-state index in [2.05, 4.69) is 5.10 Å². The summed E-state index contributed by atoms with van der Waals surface area (Å²) in [6.07, 6.45) is 0. The number of halogens is 2. The van der Waals surface area contributed by atoms with Gasteiger partial charge >= 0.3 is 10.1 Å². The third-order valence-corrected chi connectivity index (χ3v) is 5.90. The molecular formula is C19H18Cl2N2O4S. The standard InChI is InChI=1S/C19H18Cl2N2O4S/c1-12-4-7-17(13(2)8-12)23-19(10-15(22-23)11-26-3)27-28(24,25)18-9-14(20)5-6-16(18)21/h4-10H,11H2,1-3H3. The Balaban J connectivity index is 2.09. The van der Waals surface area contributed by atoms with Gasteiger partial charge in [0.05, 0.1) is 23.0 Å². The van der Waals surface area contributed by atoms with Crippen LogP contribution in [0.3, 0.4) is 0 Å². The van der Waals surface area contributed by atoms with Crippen molar-refractivity contribution in [1.29, 1.82) is 0 Å². The molecule has 9 heteroatoms. The van der Waals surface area contributed by atoms with E-state index in [1.54, 1.807) is 0 Å². The predicted octanol–water partition coefficient (Wildman–Crippen LogP) is 4.71. The highest BCUT2D eigenvalue weighted by Gasteiger charge is 2.24. The Kier molecular flexibility index (Phi) is 6.00. The molecule has 0 bridgehead atoms. The average Bonchev–Trinajstić information content (AvgIpc) is 2.98. The van der Waals surface area contributed by atoms with Gasteiger partial charge in [-0.15, -0.1) is 0 Å². The molecule has 0 spiro atoms. The van der Waals surface area contributed by atoms with Crippen molar-refractivity contribution in [1.82, 2.24) is 9.78 Å². The second kappa shape index (κ2) is 8.13. The first-order valence-corrected chi connectivity index (χ1v) is 10.4. The van der Waals surface area contributed by atoms with Crippen LogP contribution in [0.5, 0.6) is 5.88 Å². The molecule has 0 amide bonds. The van der Waals surface area contributed by atoms with Gasteiger partial charge in [0.25, 0.3) is 0 Å². The van der Waals surface area contributed by atoms with E-state index >= 15 is 0 Å². The Bertz CT molecular complexity index is 1130. The van der Waals surface area contributed by atoms with E-state index in [1.807, 2.05) is 32.0 Å². The number of benzene rings is 2. The van der Waals surface area contributed by atoms with Crippen LogP contribution in [0.1, 0.15) is 16.8 Å². The molecule has 0 unspecified atom stereocenters. The van der Waals surface area contributed by atoms with Crippen LogP contribution in [0, 0.1) is 13.8 Å². The maximum atomic E-state index is 12.8. The van der Waals surface area contributed by atoms with Crippen LogP contribution in [0.4, 0.5) is 0 Å². The van der Waals surface area contributed by atoms with Crippen LogP contribution < -0.4 is 4.18 Å². The molecule has 3 rings (SSSR count). The van der Waals surface area contributed by atoms with E-state index in [0.717, 1.165) is 11.1 Å². The molecule has 0 aliphatic carbocycles. The van der Waals surface area contributed by atoms with Crippen molar-refractivity contribution in [3.8, 4) is 11.6 Å². The second-order valence-electron chi connectivity index (χ2n) is 6.22. The molecule has 0 aliphatic heterocycles. The van der Waals surface area contributed by atoms with Crippen molar-refractivity contribution in [3.05, 3.63) is 69.3 Å². The summed E-state index contributed by atoms with van der Waals surface area (Å²) in [5.74, 6) is 0.0232. The molecular weight excluding hydrogens is 423 g/mol. The minimum absolute atomic E-state index is 0.0131. The molecule has 3 aromatic rings. The van der Waals surface area contributed by atoms with Crippen molar-refractivity contribution >= 4 is 33.3 Å². The number of ether oxygens (including phenoxy) is 1.